The number of rotatable bonds is 6. The minimum Gasteiger partial charge on any atom is -0.410 e. The van der Waals surface area contributed by atoms with E-state index in [4.69, 9.17) is 16.0 Å². The van der Waals surface area contributed by atoms with E-state index >= 15 is 0 Å². The number of aromatic nitrogens is 2. The van der Waals surface area contributed by atoms with E-state index in [-0.39, 0.29) is 34.4 Å². The maximum Gasteiger partial charge on any atom is 0.277 e. The van der Waals surface area contributed by atoms with Gasteiger partial charge in [0, 0.05) is 22.7 Å². The Hall–Kier alpha value is -1.62. The zero-order valence-electron chi connectivity index (χ0n) is 15.5. The largest absolute Gasteiger partial charge is 0.410 e. The molecule has 1 amide bonds. The number of carbonyl (C=O) groups is 1. The summed E-state index contributed by atoms with van der Waals surface area (Å²) in [6.45, 7) is 2.31. The van der Waals surface area contributed by atoms with Crippen LogP contribution in [0.3, 0.4) is 0 Å². The summed E-state index contributed by atoms with van der Waals surface area (Å²) >= 11 is 9.06. The van der Waals surface area contributed by atoms with Gasteiger partial charge in [-0.25, -0.2) is 8.42 Å². The standard InChI is InChI=1S/C18H18ClN3O4S3/c1-2-22(11-7-8-29(24,25)10-11)14(23)9-27-18-21-20-17(26-18)16-15(19)12-5-3-4-6-13(12)28-16/h3-6,11H,2,7-10H2,1H3/t11-/m1/s1. The van der Waals surface area contributed by atoms with Crippen molar-refractivity contribution in [1.29, 1.82) is 0 Å². The van der Waals surface area contributed by atoms with Crippen molar-refractivity contribution in [3.63, 3.8) is 0 Å². The summed E-state index contributed by atoms with van der Waals surface area (Å²) in [6.07, 6.45) is 0.488. The van der Waals surface area contributed by atoms with Crippen molar-refractivity contribution in [2.45, 2.75) is 24.6 Å². The molecule has 1 saturated heterocycles. The van der Waals surface area contributed by atoms with Crippen molar-refractivity contribution >= 4 is 60.5 Å². The molecule has 0 radical (unpaired) electrons. The number of amides is 1. The second kappa shape index (κ2) is 8.25. The zero-order valence-corrected chi connectivity index (χ0v) is 18.7. The molecule has 1 aliphatic heterocycles. The first kappa shape index (κ1) is 20.6. The lowest BCUT2D eigenvalue weighted by Gasteiger charge is -2.26. The Morgan fingerprint density at radius 1 is 1.38 bits per heavy atom. The van der Waals surface area contributed by atoms with Crippen molar-refractivity contribution in [2.75, 3.05) is 23.8 Å². The Morgan fingerprint density at radius 2 is 2.17 bits per heavy atom. The number of thioether (sulfide) groups is 1. The lowest BCUT2D eigenvalue weighted by atomic mass is 10.2. The molecular formula is C18H18ClN3O4S3. The molecular weight excluding hydrogens is 454 g/mol. The van der Waals surface area contributed by atoms with Crippen molar-refractivity contribution in [3.8, 4) is 10.8 Å². The summed E-state index contributed by atoms with van der Waals surface area (Å²) in [5.74, 6) is 0.454. The average Bonchev–Trinajstić information content (AvgIpc) is 3.39. The monoisotopic (exact) mass is 471 g/mol. The summed E-state index contributed by atoms with van der Waals surface area (Å²) in [6, 6.07) is 7.51. The first-order valence-corrected chi connectivity index (χ1v) is 13.0. The minimum absolute atomic E-state index is 0.0341. The fourth-order valence-electron chi connectivity index (χ4n) is 3.38. The van der Waals surface area contributed by atoms with Crippen LogP contribution in [0.1, 0.15) is 13.3 Å². The van der Waals surface area contributed by atoms with E-state index in [0.717, 1.165) is 21.8 Å². The Morgan fingerprint density at radius 3 is 2.86 bits per heavy atom. The van der Waals surface area contributed by atoms with E-state index in [1.807, 2.05) is 31.2 Å². The second-order valence-electron chi connectivity index (χ2n) is 6.64. The van der Waals surface area contributed by atoms with E-state index in [0.29, 0.717) is 28.8 Å². The van der Waals surface area contributed by atoms with Crippen LogP contribution in [0.25, 0.3) is 20.9 Å². The van der Waals surface area contributed by atoms with Gasteiger partial charge in [-0.15, -0.1) is 21.5 Å². The van der Waals surface area contributed by atoms with E-state index in [1.165, 1.54) is 11.3 Å². The highest BCUT2D eigenvalue weighted by Gasteiger charge is 2.34. The van der Waals surface area contributed by atoms with Gasteiger partial charge in [0.05, 0.1) is 22.3 Å². The number of thiophene rings is 1. The molecule has 0 bridgehead atoms. The van der Waals surface area contributed by atoms with Gasteiger partial charge in [-0.3, -0.25) is 4.79 Å². The van der Waals surface area contributed by atoms with Crippen molar-refractivity contribution in [1.82, 2.24) is 15.1 Å². The van der Waals surface area contributed by atoms with Gasteiger partial charge in [-0.1, -0.05) is 41.6 Å². The molecule has 29 heavy (non-hydrogen) atoms. The molecule has 0 N–H and O–H groups in total. The third kappa shape index (κ3) is 4.30. The molecule has 11 heteroatoms. The van der Waals surface area contributed by atoms with Gasteiger partial charge < -0.3 is 9.32 Å². The van der Waals surface area contributed by atoms with Gasteiger partial charge in [0.1, 0.15) is 4.88 Å². The Bertz CT molecular complexity index is 1160. The highest BCUT2D eigenvalue weighted by molar-refractivity contribution is 7.99. The SMILES string of the molecule is CCN(C(=O)CSc1nnc(-c2sc3ccccc3c2Cl)o1)[C@@H]1CCS(=O)(=O)C1. The third-order valence-corrected chi connectivity index (χ3v) is 8.98. The molecule has 1 atom stereocenters. The van der Waals surface area contributed by atoms with Gasteiger partial charge in [0.2, 0.25) is 5.91 Å². The Balaban J connectivity index is 1.44. The van der Waals surface area contributed by atoms with Crippen LogP contribution in [-0.4, -0.2) is 59.3 Å². The van der Waals surface area contributed by atoms with Gasteiger partial charge >= 0.3 is 0 Å². The minimum atomic E-state index is -3.05. The van der Waals surface area contributed by atoms with E-state index < -0.39 is 9.84 Å². The molecule has 0 spiro atoms. The molecule has 0 aliphatic carbocycles. The van der Waals surface area contributed by atoms with E-state index in [9.17, 15) is 13.2 Å². The summed E-state index contributed by atoms with van der Waals surface area (Å²) < 4.78 is 30.1. The summed E-state index contributed by atoms with van der Waals surface area (Å²) in [5, 5.41) is 9.85. The predicted molar refractivity (Wildman–Crippen MR) is 115 cm³/mol. The number of hydrogen-bond acceptors (Lipinski definition) is 8. The predicted octanol–water partition coefficient (Wildman–Crippen LogP) is 3.73. The average molecular weight is 472 g/mol. The number of hydrogen-bond donors (Lipinski definition) is 0. The first-order valence-electron chi connectivity index (χ1n) is 9.01. The van der Waals surface area contributed by atoms with Crippen molar-refractivity contribution in [2.24, 2.45) is 0 Å². The molecule has 154 valence electrons. The lowest BCUT2D eigenvalue weighted by molar-refractivity contribution is -0.129. The van der Waals surface area contributed by atoms with Gasteiger partial charge in [0.25, 0.3) is 11.1 Å². The van der Waals surface area contributed by atoms with Crippen LogP contribution in [0.2, 0.25) is 5.02 Å². The first-order chi connectivity index (χ1) is 13.9. The zero-order chi connectivity index (χ0) is 20.6. The topological polar surface area (TPSA) is 93.4 Å². The molecule has 4 rings (SSSR count). The molecule has 1 aromatic carbocycles. The highest BCUT2D eigenvalue weighted by atomic mass is 35.5. The number of carbonyl (C=O) groups excluding carboxylic acids is 1. The summed E-state index contributed by atoms with van der Waals surface area (Å²) in [4.78, 5) is 14.9. The molecule has 0 saturated carbocycles. The molecule has 1 fully saturated rings. The van der Waals surface area contributed by atoms with Gasteiger partial charge in [-0.2, -0.15) is 0 Å². The Kier molecular flexibility index (Phi) is 5.87. The van der Waals surface area contributed by atoms with Crippen LogP contribution < -0.4 is 0 Å². The van der Waals surface area contributed by atoms with Crippen LogP contribution in [0.15, 0.2) is 33.9 Å². The van der Waals surface area contributed by atoms with Crippen LogP contribution in [-0.2, 0) is 14.6 Å². The molecule has 7 nitrogen and oxygen atoms in total. The smallest absolute Gasteiger partial charge is 0.277 e. The fourth-order valence-corrected chi connectivity index (χ4v) is 7.19. The third-order valence-electron chi connectivity index (χ3n) is 4.76. The van der Waals surface area contributed by atoms with Crippen molar-refractivity contribution < 1.29 is 17.6 Å². The molecule has 3 heterocycles. The molecule has 1 aliphatic rings. The lowest BCUT2D eigenvalue weighted by Crippen LogP contribution is -2.41. The van der Waals surface area contributed by atoms with Crippen LogP contribution >= 0.6 is 34.7 Å². The number of benzene rings is 1. The van der Waals surface area contributed by atoms with E-state index in [2.05, 4.69) is 10.2 Å². The normalized spacial score (nSPS) is 18.3. The molecule has 0 unspecified atom stereocenters. The molecule has 2 aromatic heterocycles. The second-order valence-corrected chi connectivity index (χ2v) is 11.2. The van der Waals surface area contributed by atoms with Crippen LogP contribution in [0, 0.1) is 0 Å². The summed E-state index contributed by atoms with van der Waals surface area (Å²) in [5.41, 5.74) is 0. The van der Waals surface area contributed by atoms with Crippen molar-refractivity contribution in [3.05, 3.63) is 29.3 Å². The van der Waals surface area contributed by atoms with Gasteiger partial charge in [-0.05, 0) is 19.4 Å². The Labute approximate surface area is 181 Å². The maximum absolute atomic E-state index is 12.6. The maximum atomic E-state index is 12.6. The number of sulfone groups is 1. The van der Waals surface area contributed by atoms with E-state index in [1.54, 1.807) is 4.90 Å². The molecule has 3 aromatic rings. The number of halogens is 1. The van der Waals surface area contributed by atoms with Crippen LogP contribution in [0.5, 0.6) is 0 Å². The highest BCUT2D eigenvalue weighted by Crippen LogP contribution is 2.41. The summed E-state index contributed by atoms with van der Waals surface area (Å²) in [7, 11) is -3.05. The van der Waals surface area contributed by atoms with Gasteiger partial charge in [0.15, 0.2) is 9.84 Å². The fraction of sp³-hybridized carbons (Fsp3) is 0.389. The van der Waals surface area contributed by atoms with Crippen LogP contribution in [0.4, 0.5) is 0 Å². The quantitative estimate of drug-likeness (QED) is 0.505. The number of fused-ring (bicyclic) bond motifs is 1. The number of nitrogens with zero attached hydrogens (tertiary/aromatic N) is 3.